The number of thioether (sulfide) groups is 1. The molecule has 0 aliphatic heterocycles. The summed E-state index contributed by atoms with van der Waals surface area (Å²) in [6.45, 7) is 6.95. The molecule has 0 saturated carbocycles. The normalized spacial score (nSPS) is 12.0. The molecule has 0 radical (unpaired) electrons. The van der Waals surface area contributed by atoms with Crippen LogP contribution >= 0.6 is 11.8 Å². The Kier molecular flexibility index (Phi) is 6.50. The van der Waals surface area contributed by atoms with Crippen LogP contribution in [0.4, 0.5) is 17.5 Å². The Hall–Kier alpha value is -1.57. The third kappa shape index (κ3) is 4.52. The van der Waals surface area contributed by atoms with Crippen LogP contribution in [0.15, 0.2) is 0 Å². The lowest BCUT2D eigenvalue weighted by Crippen LogP contribution is -2.17. The highest BCUT2D eigenvalue weighted by Gasteiger charge is 2.22. The van der Waals surface area contributed by atoms with E-state index in [1.54, 1.807) is 18.7 Å². The fraction of sp³-hybridized carbons (Fsp3) is 0.667. The molecule has 0 aromatic carbocycles. The Morgan fingerprint density at radius 2 is 2.10 bits per heavy atom. The Morgan fingerprint density at radius 3 is 2.65 bits per heavy atom. The van der Waals surface area contributed by atoms with Gasteiger partial charge in [-0.15, -0.1) is 0 Å². The van der Waals surface area contributed by atoms with Crippen LogP contribution in [0.25, 0.3) is 0 Å². The Labute approximate surface area is 123 Å². The van der Waals surface area contributed by atoms with Gasteiger partial charge < -0.3 is 10.6 Å². The molecule has 112 valence electrons. The van der Waals surface area contributed by atoms with Crippen LogP contribution in [-0.2, 0) is 0 Å². The second-order valence-electron chi connectivity index (χ2n) is 4.56. The van der Waals surface area contributed by atoms with E-state index in [2.05, 4.69) is 27.5 Å². The predicted molar refractivity (Wildman–Crippen MR) is 83.6 cm³/mol. The summed E-state index contributed by atoms with van der Waals surface area (Å²) in [4.78, 5) is 19.0. The quantitative estimate of drug-likeness (QED) is 0.562. The van der Waals surface area contributed by atoms with E-state index in [0.29, 0.717) is 30.6 Å². The maximum atomic E-state index is 11.1. The van der Waals surface area contributed by atoms with Gasteiger partial charge in [-0.3, -0.25) is 10.1 Å². The molecule has 0 aliphatic carbocycles. The number of nitrogens with zero attached hydrogens (tertiary/aromatic N) is 3. The van der Waals surface area contributed by atoms with E-state index in [1.807, 2.05) is 13.2 Å². The zero-order valence-corrected chi connectivity index (χ0v) is 13.1. The molecule has 8 heteroatoms. The van der Waals surface area contributed by atoms with Crippen molar-refractivity contribution in [3.63, 3.8) is 0 Å². The van der Waals surface area contributed by atoms with Gasteiger partial charge in [-0.1, -0.05) is 6.92 Å². The monoisotopic (exact) mass is 299 g/mol. The van der Waals surface area contributed by atoms with Gasteiger partial charge in [-0.2, -0.15) is 16.7 Å². The summed E-state index contributed by atoms with van der Waals surface area (Å²) in [5.74, 6) is 2.09. The molecule has 20 heavy (non-hydrogen) atoms. The van der Waals surface area contributed by atoms with Crippen molar-refractivity contribution in [1.29, 1.82) is 0 Å². The second kappa shape index (κ2) is 7.88. The minimum Gasteiger partial charge on any atom is -0.364 e. The number of hydrogen-bond donors (Lipinski definition) is 2. The van der Waals surface area contributed by atoms with Crippen LogP contribution in [0.1, 0.15) is 19.5 Å². The number of hydrogen-bond acceptors (Lipinski definition) is 7. The lowest BCUT2D eigenvalue weighted by molar-refractivity contribution is -0.385. The number of nitrogens with one attached hydrogen (secondary N) is 2. The maximum absolute atomic E-state index is 11.1. The molecule has 1 unspecified atom stereocenters. The SMILES string of the molecule is CCNc1nc(C)c([N+](=O)[O-])c(NCC(C)CSC)n1. The average molecular weight is 299 g/mol. The van der Waals surface area contributed by atoms with Gasteiger partial charge in [0.1, 0.15) is 5.69 Å². The summed E-state index contributed by atoms with van der Waals surface area (Å²) >= 11 is 1.75. The summed E-state index contributed by atoms with van der Waals surface area (Å²) in [5, 5.41) is 17.2. The fourth-order valence-corrected chi connectivity index (χ4v) is 2.45. The largest absolute Gasteiger partial charge is 0.364 e. The van der Waals surface area contributed by atoms with Crippen LogP contribution in [0.3, 0.4) is 0 Å². The number of anilines is 2. The summed E-state index contributed by atoms with van der Waals surface area (Å²) in [6, 6.07) is 0. The van der Waals surface area contributed by atoms with E-state index < -0.39 is 4.92 Å². The number of rotatable bonds is 8. The number of nitro groups is 1. The van der Waals surface area contributed by atoms with Crippen LogP contribution in [0.2, 0.25) is 0 Å². The molecular weight excluding hydrogens is 278 g/mol. The first kappa shape index (κ1) is 16.5. The molecule has 1 aromatic heterocycles. The molecule has 7 nitrogen and oxygen atoms in total. The fourth-order valence-electron chi connectivity index (χ4n) is 1.76. The zero-order valence-electron chi connectivity index (χ0n) is 12.3. The number of aryl methyl sites for hydroxylation is 1. The molecule has 1 aromatic rings. The molecule has 0 amide bonds. The van der Waals surface area contributed by atoms with Crippen molar-refractivity contribution in [2.24, 2.45) is 5.92 Å². The van der Waals surface area contributed by atoms with Gasteiger partial charge >= 0.3 is 5.69 Å². The molecular formula is C12H21N5O2S. The highest BCUT2D eigenvalue weighted by molar-refractivity contribution is 7.98. The van der Waals surface area contributed by atoms with E-state index in [1.165, 1.54) is 0 Å². The van der Waals surface area contributed by atoms with Crippen molar-refractivity contribution >= 4 is 29.2 Å². The smallest absolute Gasteiger partial charge is 0.332 e. The minimum atomic E-state index is -0.438. The van der Waals surface area contributed by atoms with Crippen molar-refractivity contribution < 1.29 is 4.92 Å². The van der Waals surface area contributed by atoms with Crippen LogP contribution in [-0.4, -0.2) is 40.0 Å². The molecule has 0 aliphatic rings. The summed E-state index contributed by atoms with van der Waals surface area (Å²) < 4.78 is 0. The summed E-state index contributed by atoms with van der Waals surface area (Å²) in [7, 11) is 0. The van der Waals surface area contributed by atoms with E-state index in [4.69, 9.17) is 0 Å². The minimum absolute atomic E-state index is 0.0528. The molecule has 0 fully saturated rings. The summed E-state index contributed by atoms with van der Waals surface area (Å²) in [6.07, 6.45) is 2.04. The van der Waals surface area contributed by atoms with Gasteiger partial charge in [0.05, 0.1) is 4.92 Å². The molecule has 1 atom stereocenters. The van der Waals surface area contributed by atoms with Crippen molar-refractivity contribution in [2.45, 2.75) is 20.8 Å². The predicted octanol–water partition coefficient (Wildman–Crippen LogP) is 2.54. The topological polar surface area (TPSA) is 93.0 Å². The first-order valence-electron chi connectivity index (χ1n) is 6.49. The Balaban J connectivity index is 2.97. The highest BCUT2D eigenvalue weighted by atomic mass is 32.2. The van der Waals surface area contributed by atoms with Gasteiger partial charge in [-0.25, -0.2) is 4.98 Å². The first-order chi connectivity index (χ1) is 9.49. The van der Waals surface area contributed by atoms with E-state index in [-0.39, 0.29) is 11.5 Å². The molecule has 0 bridgehead atoms. The van der Waals surface area contributed by atoms with Crippen molar-refractivity contribution in [2.75, 3.05) is 35.7 Å². The lowest BCUT2D eigenvalue weighted by atomic mass is 10.2. The zero-order chi connectivity index (χ0) is 15.1. The van der Waals surface area contributed by atoms with Gasteiger partial charge in [0, 0.05) is 13.1 Å². The summed E-state index contributed by atoms with van der Waals surface area (Å²) in [5.41, 5.74) is 0.309. The standard InChI is InChI=1S/C12H21N5O2S/c1-5-13-12-15-9(3)10(17(18)19)11(16-12)14-6-8(2)7-20-4/h8H,5-7H2,1-4H3,(H2,13,14,15,16). The third-order valence-corrected chi connectivity index (χ3v) is 3.55. The van der Waals surface area contributed by atoms with Crippen LogP contribution in [0.5, 0.6) is 0 Å². The van der Waals surface area contributed by atoms with Gasteiger partial charge in [0.15, 0.2) is 0 Å². The van der Waals surface area contributed by atoms with Gasteiger partial charge in [0.25, 0.3) is 0 Å². The molecule has 1 heterocycles. The Bertz CT molecular complexity index is 469. The first-order valence-corrected chi connectivity index (χ1v) is 7.88. The van der Waals surface area contributed by atoms with Crippen LogP contribution < -0.4 is 10.6 Å². The lowest BCUT2D eigenvalue weighted by Gasteiger charge is -2.13. The van der Waals surface area contributed by atoms with Crippen molar-refractivity contribution in [3.05, 3.63) is 15.8 Å². The highest BCUT2D eigenvalue weighted by Crippen LogP contribution is 2.26. The second-order valence-corrected chi connectivity index (χ2v) is 5.47. The van der Waals surface area contributed by atoms with Gasteiger partial charge in [-0.05, 0) is 31.8 Å². The van der Waals surface area contributed by atoms with Gasteiger partial charge in [0.2, 0.25) is 11.8 Å². The Morgan fingerprint density at radius 1 is 1.40 bits per heavy atom. The third-order valence-electron chi connectivity index (χ3n) is 2.64. The number of aromatic nitrogens is 2. The van der Waals surface area contributed by atoms with Crippen LogP contribution in [0, 0.1) is 23.0 Å². The molecule has 0 saturated heterocycles. The average Bonchev–Trinajstić information content (AvgIpc) is 2.36. The van der Waals surface area contributed by atoms with Crippen molar-refractivity contribution in [3.8, 4) is 0 Å². The molecule has 2 N–H and O–H groups in total. The van der Waals surface area contributed by atoms with E-state index in [0.717, 1.165) is 5.75 Å². The molecule has 1 rings (SSSR count). The van der Waals surface area contributed by atoms with E-state index >= 15 is 0 Å². The van der Waals surface area contributed by atoms with E-state index in [9.17, 15) is 10.1 Å². The molecule has 0 spiro atoms. The van der Waals surface area contributed by atoms with Crippen molar-refractivity contribution in [1.82, 2.24) is 9.97 Å². The maximum Gasteiger partial charge on any atom is 0.332 e.